The van der Waals surface area contributed by atoms with Crippen molar-refractivity contribution in [2.75, 3.05) is 6.61 Å². The van der Waals surface area contributed by atoms with Crippen LogP contribution in [0.2, 0.25) is 10.0 Å². The van der Waals surface area contributed by atoms with Crippen LogP contribution in [-0.2, 0) is 9.59 Å². The van der Waals surface area contributed by atoms with Crippen LogP contribution in [0.15, 0.2) is 12.1 Å². The van der Waals surface area contributed by atoms with E-state index >= 15 is 0 Å². The van der Waals surface area contributed by atoms with Crippen molar-refractivity contribution in [1.29, 1.82) is 0 Å². The Morgan fingerprint density at radius 3 is 2.68 bits per heavy atom. The number of carboxylic acids is 1. The van der Waals surface area contributed by atoms with Gasteiger partial charge in [0.2, 0.25) is 0 Å². The van der Waals surface area contributed by atoms with Crippen LogP contribution < -0.4 is 4.74 Å². The van der Waals surface area contributed by atoms with Crippen molar-refractivity contribution in [1.82, 2.24) is 0 Å². The number of ketones is 2. The smallest absolute Gasteiger partial charge is 0.341 e. The van der Waals surface area contributed by atoms with Crippen LogP contribution in [-0.4, -0.2) is 29.2 Å². The van der Waals surface area contributed by atoms with Crippen molar-refractivity contribution in [3.05, 3.63) is 33.3 Å². The van der Waals surface area contributed by atoms with Gasteiger partial charge in [0, 0.05) is 17.5 Å². The van der Waals surface area contributed by atoms with E-state index in [1.165, 1.54) is 12.1 Å². The summed E-state index contributed by atoms with van der Waals surface area (Å²) >= 11 is 12.6. The Balaban J connectivity index is 2.19. The number of carboxylic acid groups (broad SMARTS) is 1. The van der Waals surface area contributed by atoms with Crippen molar-refractivity contribution in [2.24, 2.45) is 5.41 Å². The summed E-state index contributed by atoms with van der Waals surface area (Å²) in [6, 6.07) is 1.44. The van der Waals surface area contributed by atoms with Crippen LogP contribution in [0.3, 0.4) is 0 Å². The molecule has 0 bridgehead atoms. The molecule has 0 fully saturated rings. The molecule has 132 valence electrons. The predicted molar refractivity (Wildman–Crippen MR) is 93.5 cm³/mol. The lowest BCUT2D eigenvalue weighted by molar-refractivity contribution is -0.139. The minimum atomic E-state index is -1.16. The molecule has 1 N–H and O–H groups in total. The molecule has 1 atom stereocenters. The number of Topliss-reactive ketones (excluding diaryl/α,β-unsaturated/α-hetero) is 1. The van der Waals surface area contributed by atoms with Crippen molar-refractivity contribution >= 4 is 46.3 Å². The summed E-state index contributed by atoms with van der Waals surface area (Å²) in [5.41, 5.74) is 0.677. The van der Waals surface area contributed by atoms with Gasteiger partial charge < -0.3 is 9.84 Å². The van der Waals surface area contributed by atoms with E-state index in [2.05, 4.69) is 0 Å². The minimum Gasteiger partial charge on any atom is -0.480 e. The molecule has 7 heteroatoms. The lowest BCUT2D eigenvalue weighted by Gasteiger charge is -2.31. The molecule has 25 heavy (non-hydrogen) atoms. The number of fused-ring (bicyclic) bond motifs is 3. The maximum atomic E-state index is 13.2. The molecule has 1 aromatic rings. The zero-order valence-electron chi connectivity index (χ0n) is 13.5. The molecule has 0 amide bonds. The zero-order chi connectivity index (χ0) is 18.4. The summed E-state index contributed by atoms with van der Waals surface area (Å²) in [5.74, 6) is -1.26. The van der Waals surface area contributed by atoms with E-state index in [4.69, 9.17) is 33.0 Å². The summed E-state index contributed by atoms with van der Waals surface area (Å²) in [4.78, 5) is 35.9. The first kappa shape index (κ1) is 18.0. The highest BCUT2D eigenvalue weighted by molar-refractivity contribution is 6.45. The molecular weight excluding hydrogens is 367 g/mol. The van der Waals surface area contributed by atoms with Crippen molar-refractivity contribution < 1.29 is 24.2 Å². The predicted octanol–water partition coefficient (Wildman–Crippen LogP) is 4.19. The maximum Gasteiger partial charge on any atom is 0.341 e. The molecule has 2 aliphatic rings. The van der Waals surface area contributed by atoms with Gasteiger partial charge in [0.05, 0.1) is 10.4 Å². The van der Waals surface area contributed by atoms with Crippen LogP contribution >= 0.6 is 23.2 Å². The fourth-order valence-corrected chi connectivity index (χ4v) is 4.24. The molecule has 3 rings (SSSR count). The van der Waals surface area contributed by atoms with E-state index in [1.54, 1.807) is 0 Å². The standard InChI is InChI=1S/C18H16Cl2O5/c1-2-4-18-5-3-9(21)6-11(18)14-10(17(18)24)7-12(15(19)16(14)20)25-8-13(22)23/h6-7H,2-5,8H2,1H3,(H,22,23). The van der Waals surface area contributed by atoms with Gasteiger partial charge in [-0.1, -0.05) is 36.5 Å². The molecule has 1 aromatic carbocycles. The summed E-state index contributed by atoms with van der Waals surface area (Å²) in [6.45, 7) is 1.39. The third kappa shape index (κ3) is 2.75. The molecule has 5 nitrogen and oxygen atoms in total. The van der Waals surface area contributed by atoms with Gasteiger partial charge in [-0.05, 0) is 30.6 Å². The Morgan fingerprint density at radius 2 is 2.04 bits per heavy atom. The molecule has 2 aliphatic carbocycles. The van der Waals surface area contributed by atoms with E-state index in [9.17, 15) is 14.4 Å². The van der Waals surface area contributed by atoms with Gasteiger partial charge in [-0.2, -0.15) is 0 Å². The Labute approximate surface area is 154 Å². The van der Waals surface area contributed by atoms with E-state index in [-0.39, 0.29) is 27.4 Å². The van der Waals surface area contributed by atoms with Crippen molar-refractivity contribution in [3.8, 4) is 5.75 Å². The number of allylic oxidation sites excluding steroid dienone is 2. The van der Waals surface area contributed by atoms with Crippen LogP contribution in [0.25, 0.3) is 5.57 Å². The molecular formula is C18H16Cl2O5. The number of carbonyl (C=O) groups is 3. The second-order valence-electron chi connectivity index (χ2n) is 6.29. The number of carbonyl (C=O) groups excluding carboxylic acids is 2. The molecule has 0 spiro atoms. The van der Waals surface area contributed by atoms with Gasteiger partial charge >= 0.3 is 5.97 Å². The number of aliphatic carboxylic acids is 1. The number of halogens is 2. The first-order chi connectivity index (χ1) is 11.8. The molecule has 0 heterocycles. The summed E-state index contributed by atoms with van der Waals surface area (Å²) in [5, 5.41) is 8.93. The normalized spacial score (nSPS) is 21.6. The average Bonchev–Trinajstić information content (AvgIpc) is 2.79. The maximum absolute atomic E-state index is 13.2. The number of ether oxygens (including phenoxy) is 1. The van der Waals surface area contributed by atoms with Crippen molar-refractivity contribution in [2.45, 2.75) is 32.6 Å². The number of hydrogen-bond donors (Lipinski definition) is 1. The molecule has 1 unspecified atom stereocenters. The Bertz CT molecular complexity index is 827. The largest absolute Gasteiger partial charge is 0.480 e. The molecule has 0 saturated carbocycles. The van der Waals surface area contributed by atoms with Gasteiger partial charge in [-0.3, -0.25) is 9.59 Å². The molecule has 0 aliphatic heterocycles. The van der Waals surface area contributed by atoms with Crippen LogP contribution in [0.4, 0.5) is 0 Å². The highest BCUT2D eigenvalue weighted by Gasteiger charge is 2.51. The highest BCUT2D eigenvalue weighted by Crippen LogP contribution is 2.57. The molecule has 0 radical (unpaired) electrons. The SMILES string of the molecule is CCCC12CCC(=O)C=C1c1c(cc(OCC(=O)O)c(Cl)c1Cl)C2=O. The van der Waals surface area contributed by atoms with Crippen LogP contribution in [0.5, 0.6) is 5.75 Å². The Hall–Kier alpha value is -1.85. The summed E-state index contributed by atoms with van der Waals surface area (Å²) in [6.07, 6.45) is 3.65. The van der Waals surface area contributed by atoms with Gasteiger partial charge in [-0.15, -0.1) is 0 Å². The van der Waals surface area contributed by atoms with Crippen LogP contribution in [0.1, 0.15) is 48.5 Å². The Morgan fingerprint density at radius 1 is 1.32 bits per heavy atom. The second kappa shape index (κ2) is 6.46. The molecule has 0 aromatic heterocycles. The van der Waals surface area contributed by atoms with E-state index in [1.807, 2.05) is 6.92 Å². The second-order valence-corrected chi connectivity index (χ2v) is 7.05. The van der Waals surface area contributed by atoms with Crippen molar-refractivity contribution in [3.63, 3.8) is 0 Å². The summed E-state index contributed by atoms with van der Waals surface area (Å²) < 4.78 is 5.17. The van der Waals surface area contributed by atoms with E-state index in [0.717, 1.165) is 6.42 Å². The fraction of sp³-hybridized carbons (Fsp3) is 0.389. The average molecular weight is 383 g/mol. The quantitative estimate of drug-likeness (QED) is 0.825. The Kier molecular flexibility index (Phi) is 4.64. The van der Waals surface area contributed by atoms with Gasteiger partial charge in [0.25, 0.3) is 0 Å². The lowest BCUT2D eigenvalue weighted by atomic mass is 9.69. The first-order valence-corrected chi connectivity index (χ1v) is 8.74. The first-order valence-electron chi connectivity index (χ1n) is 7.98. The van der Waals surface area contributed by atoms with E-state index in [0.29, 0.717) is 36.0 Å². The zero-order valence-corrected chi connectivity index (χ0v) is 15.0. The lowest BCUT2D eigenvalue weighted by Crippen LogP contribution is -2.31. The minimum absolute atomic E-state index is 0.0410. The topological polar surface area (TPSA) is 80.7 Å². The summed E-state index contributed by atoms with van der Waals surface area (Å²) in [7, 11) is 0. The van der Waals surface area contributed by atoms with Gasteiger partial charge in [0.1, 0.15) is 10.8 Å². The van der Waals surface area contributed by atoms with Crippen LogP contribution in [0, 0.1) is 5.41 Å². The third-order valence-electron chi connectivity index (χ3n) is 4.77. The number of hydrogen-bond acceptors (Lipinski definition) is 4. The number of rotatable bonds is 5. The monoisotopic (exact) mass is 382 g/mol. The third-order valence-corrected chi connectivity index (χ3v) is 5.62. The number of benzene rings is 1. The van der Waals surface area contributed by atoms with Gasteiger partial charge in [-0.25, -0.2) is 4.79 Å². The highest BCUT2D eigenvalue weighted by atomic mass is 35.5. The van der Waals surface area contributed by atoms with E-state index < -0.39 is 18.0 Å². The molecule has 0 saturated heterocycles. The fourth-order valence-electron chi connectivity index (χ4n) is 3.74. The van der Waals surface area contributed by atoms with Gasteiger partial charge in [0.15, 0.2) is 18.2 Å².